The standard InChI is InChI=1S/C50H74F2N10O/c1-5-15-39-17-18-41(30-38(39)6-2)54-23-13-14-25-56-48(63)16-11-9-7-8-10-12-24-55-46-33-47(58-37-57-46)61-28-21-50(22-29-61)36-62(35-45(53)59-50)44-32-42(51)40(31-43(44)52)34-60-26-19-49(3,4)20-27-60/h5,17-18,30-33,37,54H,1,6-16,19-29,34-36H2,2-4H3,(H2,53,59)(H,56,63)(H,55,57,58). The Morgan fingerprint density at radius 1 is 0.810 bits per heavy atom. The molecule has 0 radical (unpaired) electrons. The zero-order chi connectivity index (χ0) is 44.7. The first kappa shape index (κ1) is 47.7. The molecule has 11 nitrogen and oxygen atoms in total. The van der Waals surface area contributed by atoms with Gasteiger partial charge in [0.2, 0.25) is 5.91 Å². The molecule has 6 rings (SSSR count). The summed E-state index contributed by atoms with van der Waals surface area (Å²) in [5.74, 6) is 1.48. The number of nitrogens with one attached hydrogen (secondary N) is 3. The number of nitrogens with two attached hydrogens (primary N) is 1. The van der Waals surface area contributed by atoms with E-state index in [0.717, 1.165) is 153 Å². The second-order valence-corrected chi connectivity index (χ2v) is 18.9. The van der Waals surface area contributed by atoms with E-state index in [1.54, 1.807) is 6.33 Å². The lowest BCUT2D eigenvalue weighted by Crippen LogP contribution is -2.56. The molecule has 5 N–H and O–H groups in total. The second kappa shape index (κ2) is 23.2. The molecule has 3 aliphatic heterocycles. The number of benzene rings is 2. The molecule has 2 fully saturated rings. The summed E-state index contributed by atoms with van der Waals surface area (Å²) < 4.78 is 31.2. The first-order chi connectivity index (χ1) is 30.4. The average Bonchev–Trinajstić information content (AvgIpc) is 3.26. The first-order valence-electron chi connectivity index (χ1n) is 23.8. The Labute approximate surface area is 375 Å². The van der Waals surface area contributed by atoms with Crippen LogP contribution >= 0.6 is 0 Å². The highest BCUT2D eigenvalue weighted by molar-refractivity contribution is 5.87. The maximum Gasteiger partial charge on any atom is 0.219 e. The number of aliphatic imine (C=N–C) groups is 1. The van der Waals surface area contributed by atoms with E-state index in [1.165, 1.54) is 23.3 Å². The predicted molar refractivity (Wildman–Crippen MR) is 256 cm³/mol. The number of anilines is 4. The maximum absolute atomic E-state index is 15.7. The predicted octanol–water partition coefficient (Wildman–Crippen LogP) is 9.04. The quantitative estimate of drug-likeness (QED) is 0.0546. The zero-order valence-electron chi connectivity index (χ0n) is 38.4. The van der Waals surface area contributed by atoms with E-state index in [-0.39, 0.29) is 24.0 Å². The van der Waals surface area contributed by atoms with E-state index < -0.39 is 11.4 Å². The normalized spacial score (nSPS) is 17.4. The largest absolute Gasteiger partial charge is 0.386 e. The van der Waals surface area contributed by atoms with E-state index in [4.69, 9.17) is 10.7 Å². The number of aromatic nitrogens is 2. The van der Waals surface area contributed by atoms with Crippen molar-refractivity contribution in [2.24, 2.45) is 16.1 Å². The molecule has 1 aromatic heterocycles. The molecule has 0 bridgehead atoms. The van der Waals surface area contributed by atoms with Crippen LogP contribution in [0, 0.1) is 17.0 Å². The summed E-state index contributed by atoms with van der Waals surface area (Å²) >= 11 is 0. The number of hydrogen-bond donors (Lipinski definition) is 4. The van der Waals surface area contributed by atoms with Crippen LogP contribution in [0.2, 0.25) is 0 Å². The lowest BCUT2D eigenvalue weighted by Gasteiger charge is -2.45. The third-order valence-electron chi connectivity index (χ3n) is 13.3. The van der Waals surface area contributed by atoms with Crippen molar-refractivity contribution in [3.63, 3.8) is 0 Å². The Morgan fingerprint density at radius 2 is 1.52 bits per heavy atom. The van der Waals surface area contributed by atoms with Crippen LogP contribution in [0.5, 0.6) is 0 Å². The summed E-state index contributed by atoms with van der Waals surface area (Å²) in [4.78, 5) is 32.6. The number of aryl methyl sites for hydroxylation is 1. The van der Waals surface area contributed by atoms with E-state index in [0.29, 0.717) is 36.3 Å². The molecule has 0 unspecified atom stereocenters. The molecule has 3 aliphatic rings. The van der Waals surface area contributed by atoms with Crippen molar-refractivity contribution in [3.8, 4) is 0 Å². The molecule has 1 amide bonds. The number of hydrogen-bond acceptors (Lipinski definition) is 10. The molecule has 2 aromatic carbocycles. The number of carbonyl (C=O) groups is 1. The molecule has 2 saturated heterocycles. The molecule has 4 heterocycles. The summed E-state index contributed by atoms with van der Waals surface area (Å²) in [6, 6.07) is 11.3. The van der Waals surface area contributed by atoms with Crippen LogP contribution in [0.25, 0.3) is 0 Å². The van der Waals surface area contributed by atoms with Gasteiger partial charge < -0.3 is 31.5 Å². The first-order valence-corrected chi connectivity index (χ1v) is 23.8. The highest BCUT2D eigenvalue weighted by Gasteiger charge is 2.40. The molecular formula is C50H74F2N10O. The molecule has 63 heavy (non-hydrogen) atoms. The van der Waals surface area contributed by atoms with Gasteiger partial charge in [-0.25, -0.2) is 18.7 Å². The van der Waals surface area contributed by atoms with E-state index in [9.17, 15) is 4.79 Å². The minimum absolute atomic E-state index is 0.156. The van der Waals surface area contributed by atoms with Gasteiger partial charge in [-0.05, 0) is 112 Å². The number of amidine groups is 1. The Bertz CT molecular complexity index is 1970. The van der Waals surface area contributed by atoms with E-state index in [1.807, 2.05) is 17.0 Å². The van der Waals surface area contributed by atoms with Crippen molar-refractivity contribution < 1.29 is 13.6 Å². The molecule has 0 atom stereocenters. The van der Waals surface area contributed by atoms with Crippen molar-refractivity contribution in [1.82, 2.24) is 20.2 Å². The SMILES string of the molecule is C=CCc1ccc(NCCCCNC(=O)CCCCCCCCNc2cc(N3CCC4(CC3)CN(c3cc(F)c(CN5CCC(C)(C)CC5)cc3F)CC(N)=N4)ncn2)cc1CC. The lowest BCUT2D eigenvalue weighted by atomic mass is 9.82. The number of rotatable bonds is 23. The number of amides is 1. The average molecular weight is 869 g/mol. The number of likely N-dealkylation sites (tertiary alicyclic amines) is 1. The molecule has 3 aromatic rings. The van der Waals surface area contributed by atoms with Gasteiger partial charge in [0.25, 0.3) is 0 Å². The third-order valence-corrected chi connectivity index (χ3v) is 13.3. The van der Waals surface area contributed by atoms with Crippen molar-refractivity contribution in [3.05, 3.63) is 83.7 Å². The molecule has 1 spiro atoms. The molecule has 0 saturated carbocycles. The topological polar surface area (TPSA) is 127 Å². The van der Waals surface area contributed by atoms with Crippen molar-refractivity contribution in [2.45, 2.75) is 129 Å². The van der Waals surface area contributed by atoms with Crippen molar-refractivity contribution in [2.75, 3.05) is 79.3 Å². The fourth-order valence-corrected chi connectivity index (χ4v) is 9.24. The fourth-order valence-electron chi connectivity index (χ4n) is 9.24. The van der Waals surface area contributed by atoms with Crippen LogP contribution in [0.3, 0.4) is 0 Å². The van der Waals surface area contributed by atoms with Gasteiger partial charge >= 0.3 is 0 Å². The Balaban J connectivity index is 0.823. The summed E-state index contributed by atoms with van der Waals surface area (Å²) in [6.07, 6.45) is 18.0. The number of piperidine rings is 2. The molecule has 0 aliphatic carbocycles. The number of allylic oxidation sites excluding steroid dienone is 1. The smallest absolute Gasteiger partial charge is 0.219 e. The van der Waals surface area contributed by atoms with Gasteiger partial charge in [-0.3, -0.25) is 14.7 Å². The second-order valence-electron chi connectivity index (χ2n) is 18.9. The van der Waals surface area contributed by atoms with Crippen LogP contribution in [0.4, 0.5) is 31.8 Å². The number of carbonyl (C=O) groups excluding carboxylic acids is 1. The van der Waals surface area contributed by atoms with Gasteiger partial charge in [-0.15, -0.1) is 6.58 Å². The minimum Gasteiger partial charge on any atom is -0.386 e. The summed E-state index contributed by atoms with van der Waals surface area (Å²) in [5, 5.41) is 10.1. The van der Waals surface area contributed by atoms with Crippen molar-refractivity contribution in [1.29, 1.82) is 0 Å². The van der Waals surface area contributed by atoms with Gasteiger partial charge in [-0.2, -0.15) is 0 Å². The molecule has 344 valence electrons. The number of nitrogens with zero attached hydrogens (tertiary/aromatic N) is 6. The number of unbranched alkanes of at least 4 members (excludes halogenated alkanes) is 6. The highest BCUT2D eigenvalue weighted by Crippen LogP contribution is 2.36. The van der Waals surface area contributed by atoms with Crippen LogP contribution in [-0.2, 0) is 24.2 Å². The maximum atomic E-state index is 15.7. The Kier molecular flexibility index (Phi) is 17.6. The van der Waals surface area contributed by atoms with E-state index >= 15 is 8.78 Å². The van der Waals surface area contributed by atoms with Crippen LogP contribution in [0.15, 0.2) is 60.4 Å². The Hall–Kier alpha value is -4.78. The van der Waals surface area contributed by atoms with Crippen LogP contribution < -0.4 is 31.5 Å². The third kappa shape index (κ3) is 14.4. The summed E-state index contributed by atoms with van der Waals surface area (Å²) in [6.45, 7) is 17.4. The minimum atomic E-state index is -0.473. The zero-order valence-corrected chi connectivity index (χ0v) is 38.4. The van der Waals surface area contributed by atoms with Crippen LogP contribution in [0.1, 0.15) is 121 Å². The summed E-state index contributed by atoms with van der Waals surface area (Å²) in [5.41, 5.74) is 10.7. The Morgan fingerprint density at radius 3 is 2.29 bits per heavy atom. The monoisotopic (exact) mass is 869 g/mol. The van der Waals surface area contributed by atoms with Gasteiger partial charge in [0.15, 0.2) is 0 Å². The number of halogens is 2. The van der Waals surface area contributed by atoms with Gasteiger partial charge in [-0.1, -0.05) is 58.6 Å². The van der Waals surface area contributed by atoms with Gasteiger partial charge in [0.1, 0.15) is 35.4 Å². The van der Waals surface area contributed by atoms with Crippen molar-refractivity contribution >= 4 is 34.8 Å². The summed E-state index contributed by atoms with van der Waals surface area (Å²) in [7, 11) is 0. The van der Waals surface area contributed by atoms with Crippen LogP contribution in [-0.4, -0.2) is 91.1 Å². The van der Waals surface area contributed by atoms with Gasteiger partial charge in [0, 0.05) is 75.6 Å². The lowest BCUT2D eigenvalue weighted by molar-refractivity contribution is -0.121. The molecular weight excluding hydrogens is 795 g/mol. The fraction of sp³-hybridized carbons (Fsp3) is 0.600. The highest BCUT2D eigenvalue weighted by atomic mass is 19.1. The van der Waals surface area contributed by atoms with E-state index in [2.05, 4.69) is 81.3 Å². The van der Waals surface area contributed by atoms with Gasteiger partial charge in [0.05, 0.1) is 17.8 Å². The molecule has 13 heteroatoms.